The van der Waals surface area contributed by atoms with Gasteiger partial charge in [-0.25, -0.2) is 12.8 Å². The molecule has 0 aliphatic rings. The fourth-order valence-corrected chi connectivity index (χ4v) is 4.09. The van der Waals surface area contributed by atoms with Gasteiger partial charge in [0.25, 0.3) is 0 Å². The molecule has 9 heteroatoms. The molecule has 0 saturated carbocycles. The molecule has 0 unspecified atom stereocenters. The van der Waals surface area contributed by atoms with Crippen molar-refractivity contribution < 1.29 is 30.8 Å². The summed E-state index contributed by atoms with van der Waals surface area (Å²) in [6.07, 6.45) is 0.940. The average Bonchev–Trinajstić information content (AvgIpc) is 2.73. The number of terminal acetylenes is 1. The van der Waals surface area contributed by atoms with Crippen LogP contribution in [-0.2, 0) is 14.6 Å². The van der Waals surface area contributed by atoms with Gasteiger partial charge in [0.2, 0.25) is 0 Å². The first kappa shape index (κ1) is 27.5. The molecule has 2 aromatic carbocycles. The molecule has 0 aromatic heterocycles. The third kappa shape index (κ3) is 7.96. The number of carbonyl (C=O) groups is 1. The van der Waals surface area contributed by atoms with Crippen LogP contribution in [0.1, 0.15) is 44.7 Å². The van der Waals surface area contributed by atoms with Gasteiger partial charge < -0.3 is 0 Å². The molecule has 0 fully saturated rings. The van der Waals surface area contributed by atoms with E-state index in [0.29, 0.717) is 11.1 Å². The third-order valence-electron chi connectivity index (χ3n) is 5.15. The fraction of sp³-hybridized carbons (Fsp3) is 0.400. The van der Waals surface area contributed by atoms with Gasteiger partial charge in [0, 0.05) is 25.5 Å². The second-order valence-electron chi connectivity index (χ2n) is 8.71. The summed E-state index contributed by atoms with van der Waals surface area (Å²) in [5, 5.41) is 2.31. The van der Waals surface area contributed by atoms with E-state index in [4.69, 9.17) is 6.42 Å². The molecule has 184 valence electrons. The number of Topliss-reactive ketones (excluding diaryl/α,β-unsaturated/α-hetero) is 1. The maximum atomic E-state index is 14.3. The summed E-state index contributed by atoms with van der Waals surface area (Å²) in [4.78, 5) is 12.6. The van der Waals surface area contributed by atoms with Crippen molar-refractivity contribution in [1.82, 2.24) is 5.32 Å². The highest BCUT2D eigenvalue weighted by atomic mass is 32.2. The minimum absolute atomic E-state index is 0.0488. The molecular weight excluding hydrogens is 470 g/mol. The summed E-state index contributed by atoms with van der Waals surface area (Å²) in [6.45, 7) is 2.39. The quantitative estimate of drug-likeness (QED) is 0.351. The number of rotatable bonds is 10. The van der Waals surface area contributed by atoms with E-state index in [9.17, 15) is 30.8 Å². The number of hydrogen-bond donors (Lipinski definition) is 1. The van der Waals surface area contributed by atoms with Gasteiger partial charge in [0.1, 0.15) is 11.7 Å². The maximum absolute atomic E-state index is 14.3. The molecule has 0 amide bonds. The van der Waals surface area contributed by atoms with Crippen LogP contribution in [0, 0.1) is 12.3 Å². The molecule has 2 aromatic rings. The van der Waals surface area contributed by atoms with Gasteiger partial charge in [0.15, 0.2) is 15.6 Å². The van der Waals surface area contributed by atoms with Crippen LogP contribution < -0.4 is 5.32 Å². The summed E-state index contributed by atoms with van der Waals surface area (Å²) < 4.78 is 79.3. The van der Waals surface area contributed by atoms with Gasteiger partial charge in [-0.15, -0.1) is 12.3 Å². The highest BCUT2D eigenvalue weighted by Crippen LogP contribution is 2.35. The Morgan fingerprint density at radius 2 is 1.50 bits per heavy atom. The van der Waals surface area contributed by atoms with E-state index in [-0.39, 0.29) is 23.3 Å². The Kier molecular flexibility index (Phi) is 8.67. The van der Waals surface area contributed by atoms with Crippen LogP contribution in [-0.4, -0.2) is 38.3 Å². The van der Waals surface area contributed by atoms with Gasteiger partial charge >= 0.3 is 6.18 Å². The number of hydrogen-bond acceptors (Lipinski definition) is 4. The molecular formula is C25H27F4NO3S. The first-order valence-corrected chi connectivity index (χ1v) is 12.4. The largest absolute Gasteiger partial charge is 0.407 e. The van der Waals surface area contributed by atoms with Crippen molar-refractivity contribution in [3.8, 4) is 23.5 Å². The zero-order chi connectivity index (χ0) is 25.7. The van der Waals surface area contributed by atoms with Crippen LogP contribution in [0.4, 0.5) is 17.6 Å². The molecule has 0 spiro atoms. The van der Waals surface area contributed by atoms with E-state index in [1.54, 1.807) is 12.1 Å². The van der Waals surface area contributed by atoms with Gasteiger partial charge in [-0.1, -0.05) is 36.4 Å². The number of halogens is 4. The molecule has 0 aliphatic heterocycles. The predicted octanol–water partition coefficient (Wildman–Crippen LogP) is 5.44. The Morgan fingerprint density at radius 1 is 1.00 bits per heavy atom. The summed E-state index contributed by atoms with van der Waals surface area (Å²) >= 11 is 0. The minimum atomic E-state index is -4.75. The molecule has 4 nitrogen and oxygen atoms in total. The third-order valence-corrected chi connectivity index (χ3v) is 6.28. The van der Waals surface area contributed by atoms with Gasteiger partial charge in [-0.2, -0.15) is 13.2 Å². The zero-order valence-corrected chi connectivity index (χ0v) is 19.9. The van der Waals surface area contributed by atoms with E-state index in [0.717, 1.165) is 6.26 Å². The van der Waals surface area contributed by atoms with Gasteiger partial charge in [0.05, 0.1) is 10.9 Å². The van der Waals surface area contributed by atoms with Crippen molar-refractivity contribution in [2.24, 2.45) is 0 Å². The van der Waals surface area contributed by atoms with E-state index in [2.05, 4.69) is 11.2 Å². The van der Waals surface area contributed by atoms with Crippen molar-refractivity contribution in [2.75, 3.05) is 6.26 Å². The fourth-order valence-electron chi connectivity index (χ4n) is 3.46. The van der Waals surface area contributed by atoms with Crippen LogP contribution in [0.15, 0.2) is 53.4 Å². The number of alkyl halides is 4. The molecule has 0 radical (unpaired) electrons. The lowest BCUT2D eigenvalue weighted by Crippen LogP contribution is -2.47. The Morgan fingerprint density at radius 3 is 1.91 bits per heavy atom. The summed E-state index contributed by atoms with van der Waals surface area (Å²) in [7, 11) is -3.37. The summed E-state index contributed by atoms with van der Waals surface area (Å²) in [5.74, 6) is 1.68. The van der Waals surface area contributed by atoms with Gasteiger partial charge in [-0.3, -0.25) is 10.1 Å². The smallest absolute Gasteiger partial charge is 0.298 e. The zero-order valence-electron chi connectivity index (χ0n) is 19.1. The average molecular weight is 498 g/mol. The number of sulfone groups is 1. The van der Waals surface area contributed by atoms with Crippen LogP contribution in [0.2, 0.25) is 0 Å². The predicted molar refractivity (Wildman–Crippen MR) is 124 cm³/mol. The normalized spacial score (nSPS) is 14.3. The molecule has 1 N–H and O–H groups in total. The van der Waals surface area contributed by atoms with Crippen molar-refractivity contribution in [3.63, 3.8) is 0 Å². The van der Waals surface area contributed by atoms with Crippen molar-refractivity contribution in [1.29, 1.82) is 0 Å². The maximum Gasteiger partial charge on any atom is 0.407 e. The van der Waals surface area contributed by atoms with Crippen LogP contribution in [0.5, 0.6) is 0 Å². The summed E-state index contributed by atoms with van der Waals surface area (Å²) in [5.41, 5.74) is -0.814. The van der Waals surface area contributed by atoms with Crippen molar-refractivity contribution in [2.45, 2.75) is 61.9 Å². The van der Waals surface area contributed by atoms with E-state index in [1.165, 1.54) is 50.2 Å². The molecule has 0 saturated heterocycles. The molecule has 0 aliphatic carbocycles. The number of ketones is 1. The highest BCUT2D eigenvalue weighted by Gasteiger charge is 2.43. The molecule has 0 heterocycles. The van der Waals surface area contributed by atoms with E-state index in [1.807, 2.05) is 0 Å². The van der Waals surface area contributed by atoms with Crippen LogP contribution >= 0.6 is 0 Å². The lowest BCUT2D eigenvalue weighted by Gasteiger charge is -2.29. The van der Waals surface area contributed by atoms with Crippen molar-refractivity contribution in [3.05, 3.63) is 54.1 Å². The van der Waals surface area contributed by atoms with Gasteiger partial charge in [-0.05, 0) is 42.7 Å². The Hall–Kier alpha value is -2.70. The van der Waals surface area contributed by atoms with Crippen LogP contribution in [0.3, 0.4) is 0 Å². The molecule has 2 atom stereocenters. The highest BCUT2D eigenvalue weighted by molar-refractivity contribution is 7.90. The number of benzene rings is 2. The topological polar surface area (TPSA) is 63.2 Å². The van der Waals surface area contributed by atoms with Crippen molar-refractivity contribution >= 4 is 15.6 Å². The standard InChI is InChI=1S/C25H27F4NO3S/c1-5-6-7-22(31)21(16-24(2,3)26)30-23(25(27,28)29)19-10-8-17(9-11-19)18-12-14-20(15-13-18)34(4,32)33/h1,8-15,21,23,30H,6-7,16H2,2-4H3/t21-,23-/m0/s1. The number of nitrogens with one attached hydrogen (secondary N) is 1. The Labute approximate surface area is 197 Å². The lowest BCUT2D eigenvalue weighted by atomic mass is 9.93. The van der Waals surface area contributed by atoms with E-state index >= 15 is 0 Å². The Balaban J connectivity index is 2.33. The second-order valence-corrected chi connectivity index (χ2v) is 10.7. The molecule has 2 rings (SSSR count). The Bertz CT molecular complexity index is 1130. The monoisotopic (exact) mass is 497 g/mol. The first-order chi connectivity index (χ1) is 15.6. The second kappa shape index (κ2) is 10.7. The number of carbonyl (C=O) groups excluding carboxylic acids is 1. The SMILES string of the molecule is C#CCCC(=O)[C@H](CC(C)(C)F)N[C@@H](c1ccc(-c2ccc(S(C)(=O)=O)cc2)cc1)C(F)(F)F. The lowest BCUT2D eigenvalue weighted by molar-refractivity contribution is -0.161. The first-order valence-electron chi connectivity index (χ1n) is 10.5. The minimum Gasteiger partial charge on any atom is -0.298 e. The molecule has 34 heavy (non-hydrogen) atoms. The van der Waals surface area contributed by atoms with E-state index < -0.39 is 46.0 Å². The van der Waals surface area contributed by atoms with Crippen LogP contribution in [0.25, 0.3) is 11.1 Å². The summed E-state index contributed by atoms with van der Waals surface area (Å²) in [6, 6.07) is 7.89. The molecule has 0 bridgehead atoms.